The molecule has 1 aliphatic carbocycles. The van der Waals surface area contributed by atoms with E-state index in [2.05, 4.69) is 31.0 Å². The largest absolute Gasteiger partial charge is 0.378 e. The van der Waals surface area contributed by atoms with Crippen LogP contribution in [0.15, 0.2) is 24.8 Å². The third kappa shape index (κ3) is 2.16. The standard InChI is InChI=1S/C15H18N6/c1-10-14-5-11(6-18-15(14)20(2)19-10)17-8-13-7-16-9-21(13)12-3-4-12/h5-7,9,12,17H,3-4,8H2,1-2H3. The Morgan fingerprint density at radius 1 is 1.33 bits per heavy atom. The Morgan fingerprint density at radius 3 is 3.00 bits per heavy atom. The van der Waals surface area contributed by atoms with Crippen molar-refractivity contribution in [1.29, 1.82) is 0 Å². The number of hydrogen-bond donors (Lipinski definition) is 1. The molecule has 1 fully saturated rings. The first kappa shape index (κ1) is 12.4. The first-order chi connectivity index (χ1) is 10.2. The summed E-state index contributed by atoms with van der Waals surface area (Å²) >= 11 is 0. The molecule has 0 atom stereocenters. The van der Waals surface area contributed by atoms with Crippen molar-refractivity contribution in [3.05, 3.63) is 36.2 Å². The molecule has 108 valence electrons. The lowest BCUT2D eigenvalue weighted by Crippen LogP contribution is -2.06. The maximum atomic E-state index is 4.49. The van der Waals surface area contributed by atoms with Crippen LogP contribution in [-0.4, -0.2) is 24.3 Å². The molecule has 6 nitrogen and oxygen atoms in total. The van der Waals surface area contributed by atoms with Gasteiger partial charge in [0, 0.05) is 24.7 Å². The van der Waals surface area contributed by atoms with E-state index in [-0.39, 0.29) is 0 Å². The average Bonchev–Trinajstić information content (AvgIpc) is 3.15. The summed E-state index contributed by atoms with van der Waals surface area (Å²) in [7, 11) is 1.92. The van der Waals surface area contributed by atoms with Crippen molar-refractivity contribution < 1.29 is 0 Å². The van der Waals surface area contributed by atoms with Crippen molar-refractivity contribution >= 4 is 16.7 Å². The minimum Gasteiger partial charge on any atom is -0.378 e. The van der Waals surface area contributed by atoms with E-state index in [1.54, 1.807) is 0 Å². The van der Waals surface area contributed by atoms with Gasteiger partial charge in [0.2, 0.25) is 0 Å². The van der Waals surface area contributed by atoms with Crippen LogP contribution >= 0.6 is 0 Å². The van der Waals surface area contributed by atoms with Crippen LogP contribution in [0.5, 0.6) is 0 Å². The maximum absolute atomic E-state index is 4.49. The molecule has 3 aromatic heterocycles. The lowest BCUT2D eigenvalue weighted by atomic mass is 10.2. The number of fused-ring (bicyclic) bond motifs is 1. The number of aromatic nitrogens is 5. The molecule has 21 heavy (non-hydrogen) atoms. The van der Waals surface area contributed by atoms with E-state index in [4.69, 9.17) is 0 Å². The van der Waals surface area contributed by atoms with E-state index >= 15 is 0 Å². The molecule has 1 saturated carbocycles. The predicted octanol–water partition coefficient (Wildman–Crippen LogP) is 2.42. The van der Waals surface area contributed by atoms with Gasteiger partial charge in [0.15, 0.2) is 5.65 Å². The summed E-state index contributed by atoms with van der Waals surface area (Å²) in [6.07, 6.45) is 8.27. The fraction of sp³-hybridized carbons (Fsp3) is 0.400. The van der Waals surface area contributed by atoms with Gasteiger partial charge in [-0.1, -0.05) is 0 Å². The first-order valence-electron chi connectivity index (χ1n) is 7.26. The van der Waals surface area contributed by atoms with Crippen LogP contribution in [0, 0.1) is 6.92 Å². The molecular formula is C15H18N6. The van der Waals surface area contributed by atoms with E-state index in [0.29, 0.717) is 6.04 Å². The summed E-state index contributed by atoms with van der Waals surface area (Å²) in [5.74, 6) is 0. The number of hydrogen-bond acceptors (Lipinski definition) is 4. The summed E-state index contributed by atoms with van der Waals surface area (Å²) in [6.45, 7) is 2.78. The van der Waals surface area contributed by atoms with Gasteiger partial charge < -0.3 is 9.88 Å². The minimum atomic E-state index is 0.658. The van der Waals surface area contributed by atoms with Crippen LogP contribution in [0.25, 0.3) is 11.0 Å². The van der Waals surface area contributed by atoms with E-state index in [9.17, 15) is 0 Å². The highest BCUT2D eigenvalue weighted by Gasteiger charge is 2.24. The van der Waals surface area contributed by atoms with Crippen LogP contribution in [0.3, 0.4) is 0 Å². The molecular weight excluding hydrogens is 264 g/mol. The van der Waals surface area contributed by atoms with Crippen LogP contribution in [0.1, 0.15) is 30.3 Å². The molecule has 0 radical (unpaired) electrons. The molecule has 0 aromatic carbocycles. The third-order valence-corrected chi connectivity index (χ3v) is 4.02. The second-order valence-electron chi connectivity index (χ2n) is 5.68. The van der Waals surface area contributed by atoms with Crippen molar-refractivity contribution in [2.24, 2.45) is 7.05 Å². The Balaban J connectivity index is 1.56. The molecule has 0 spiro atoms. The van der Waals surface area contributed by atoms with Gasteiger partial charge >= 0.3 is 0 Å². The van der Waals surface area contributed by atoms with Crippen molar-refractivity contribution in [2.45, 2.75) is 32.4 Å². The minimum absolute atomic E-state index is 0.658. The third-order valence-electron chi connectivity index (χ3n) is 4.02. The summed E-state index contributed by atoms with van der Waals surface area (Å²) in [5, 5.41) is 8.93. The summed E-state index contributed by atoms with van der Waals surface area (Å²) in [4.78, 5) is 8.74. The Hall–Kier alpha value is -2.37. The molecule has 3 heterocycles. The smallest absolute Gasteiger partial charge is 0.157 e. The fourth-order valence-corrected chi connectivity index (χ4v) is 2.75. The molecule has 6 heteroatoms. The van der Waals surface area contributed by atoms with Gasteiger partial charge in [0.25, 0.3) is 0 Å². The van der Waals surface area contributed by atoms with Crippen molar-refractivity contribution in [3.63, 3.8) is 0 Å². The zero-order chi connectivity index (χ0) is 14.4. The van der Waals surface area contributed by atoms with Crippen LogP contribution < -0.4 is 5.32 Å². The molecule has 3 aromatic rings. The fourth-order valence-electron chi connectivity index (χ4n) is 2.75. The second kappa shape index (κ2) is 4.58. The first-order valence-corrected chi connectivity index (χ1v) is 7.26. The van der Waals surface area contributed by atoms with Crippen molar-refractivity contribution in [3.8, 4) is 0 Å². The van der Waals surface area contributed by atoms with E-state index in [0.717, 1.165) is 29.0 Å². The summed E-state index contributed by atoms with van der Waals surface area (Å²) < 4.78 is 4.09. The van der Waals surface area contributed by atoms with Crippen molar-refractivity contribution in [1.82, 2.24) is 24.3 Å². The van der Waals surface area contributed by atoms with Gasteiger partial charge in [-0.15, -0.1) is 0 Å². The summed E-state index contributed by atoms with van der Waals surface area (Å²) in [5.41, 5.74) is 4.16. The topological polar surface area (TPSA) is 60.6 Å². The molecule has 1 aliphatic rings. The van der Waals surface area contributed by atoms with Gasteiger partial charge in [0.1, 0.15) is 0 Å². The SMILES string of the molecule is Cc1nn(C)c2ncc(NCc3cncn3C3CC3)cc12. The average molecular weight is 282 g/mol. The molecule has 0 aliphatic heterocycles. The number of anilines is 1. The number of imidazole rings is 1. The molecule has 0 amide bonds. The Labute approximate surface area is 122 Å². The normalized spacial score (nSPS) is 14.8. The van der Waals surface area contributed by atoms with E-state index in [1.165, 1.54) is 18.5 Å². The summed E-state index contributed by atoms with van der Waals surface area (Å²) in [6, 6.07) is 2.77. The van der Waals surface area contributed by atoms with Gasteiger partial charge in [-0.2, -0.15) is 5.10 Å². The van der Waals surface area contributed by atoms with Crippen LogP contribution in [0.2, 0.25) is 0 Å². The molecule has 0 bridgehead atoms. The number of nitrogens with zero attached hydrogens (tertiary/aromatic N) is 5. The van der Waals surface area contributed by atoms with Gasteiger partial charge in [0.05, 0.1) is 36.1 Å². The molecule has 0 unspecified atom stereocenters. The zero-order valence-electron chi connectivity index (χ0n) is 12.2. The quantitative estimate of drug-likeness (QED) is 0.798. The van der Waals surface area contributed by atoms with Crippen LogP contribution in [0.4, 0.5) is 5.69 Å². The van der Waals surface area contributed by atoms with Gasteiger partial charge in [-0.05, 0) is 25.8 Å². The number of aryl methyl sites for hydroxylation is 2. The second-order valence-corrected chi connectivity index (χ2v) is 5.68. The molecule has 0 saturated heterocycles. The maximum Gasteiger partial charge on any atom is 0.157 e. The number of nitrogens with one attached hydrogen (secondary N) is 1. The highest BCUT2D eigenvalue weighted by atomic mass is 15.3. The number of rotatable bonds is 4. The lowest BCUT2D eigenvalue weighted by Gasteiger charge is -2.09. The Bertz CT molecular complexity index is 796. The highest BCUT2D eigenvalue weighted by Crippen LogP contribution is 2.35. The number of pyridine rings is 1. The van der Waals surface area contributed by atoms with Gasteiger partial charge in [-0.25, -0.2) is 9.97 Å². The van der Waals surface area contributed by atoms with E-state index < -0.39 is 0 Å². The molecule has 1 N–H and O–H groups in total. The Kier molecular flexibility index (Phi) is 2.70. The van der Waals surface area contributed by atoms with Gasteiger partial charge in [-0.3, -0.25) is 4.68 Å². The van der Waals surface area contributed by atoms with E-state index in [1.807, 2.05) is 37.4 Å². The zero-order valence-corrected chi connectivity index (χ0v) is 12.2. The highest BCUT2D eigenvalue weighted by molar-refractivity contribution is 5.81. The van der Waals surface area contributed by atoms with Crippen molar-refractivity contribution in [2.75, 3.05) is 5.32 Å². The van der Waals surface area contributed by atoms with Crippen LogP contribution in [-0.2, 0) is 13.6 Å². The molecule has 4 rings (SSSR count). The lowest BCUT2D eigenvalue weighted by molar-refractivity contribution is 0.701. The monoisotopic (exact) mass is 282 g/mol. The Morgan fingerprint density at radius 2 is 2.19 bits per heavy atom. The predicted molar refractivity (Wildman–Crippen MR) is 81.1 cm³/mol.